The summed E-state index contributed by atoms with van der Waals surface area (Å²) < 4.78 is 1.37. The van der Waals surface area contributed by atoms with E-state index in [-0.39, 0.29) is 5.56 Å². The Morgan fingerprint density at radius 1 is 1.19 bits per heavy atom. The Bertz CT molecular complexity index is 1210. The lowest BCUT2D eigenvalue weighted by Crippen LogP contribution is -2.26. The Kier molecular flexibility index (Phi) is 4.47. The number of aryl methyl sites for hydroxylation is 1. The first-order valence-electron chi connectivity index (χ1n) is 8.02. The molecule has 3 heterocycles. The molecule has 27 heavy (non-hydrogen) atoms. The van der Waals surface area contributed by atoms with Gasteiger partial charge in [-0.05, 0) is 30.7 Å². The van der Waals surface area contributed by atoms with Crippen molar-refractivity contribution in [3.8, 4) is 11.3 Å². The van der Waals surface area contributed by atoms with Gasteiger partial charge in [0.25, 0.3) is 11.5 Å². The number of amides is 1. The number of nitrogens with zero attached hydrogens (tertiary/aromatic N) is 3. The van der Waals surface area contributed by atoms with Gasteiger partial charge < -0.3 is 0 Å². The minimum Gasteiger partial charge on any atom is -0.298 e. The lowest BCUT2D eigenvalue weighted by molar-refractivity contribution is 0.102. The number of aromatic nitrogens is 3. The monoisotopic (exact) mass is 396 g/mol. The highest BCUT2D eigenvalue weighted by molar-refractivity contribution is 7.14. The van der Waals surface area contributed by atoms with Crippen LogP contribution in [-0.2, 0) is 0 Å². The van der Waals surface area contributed by atoms with Crippen LogP contribution in [-0.4, -0.2) is 20.3 Å². The maximum absolute atomic E-state index is 12.6. The summed E-state index contributed by atoms with van der Waals surface area (Å²) in [7, 11) is 0. The van der Waals surface area contributed by atoms with Crippen molar-refractivity contribution < 1.29 is 4.79 Å². The predicted molar refractivity (Wildman–Crippen MR) is 107 cm³/mol. The van der Waals surface area contributed by atoms with Gasteiger partial charge in [-0.3, -0.25) is 19.3 Å². The van der Waals surface area contributed by atoms with Gasteiger partial charge in [-0.25, -0.2) is 9.97 Å². The summed E-state index contributed by atoms with van der Waals surface area (Å²) in [5.41, 5.74) is 2.53. The maximum atomic E-state index is 12.6. The summed E-state index contributed by atoms with van der Waals surface area (Å²) in [5, 5.41) is 5.54. The number of nitrogens with one attached hydrogen (secondary N) is 1. The zero-order valence-corrected chi connectivity index (χ0v) is 15.7. The van der Waals surface area contributed by atoms with E-state index in [1.54, 1.807) is 24.4 Å². The fraction of sp³-hybridized carbons (Fsp3) is 0.0526. The molecule has 8 heteroatoms. The molecule has 6 nitrogen and oxygen atoms in total. The molecule has 1 aromatic carbocycles. The first-order valence-corrected chi connectivity index (χ1v) is 9.28. The van der Waals surface area contributed by atoms with E-state index in [0.29, 0.717) is 15.8 Å². The minimum atomic E-state index is -0.541. The zero-order chi connectivity index (χ0) is 19.0. The average Bonchev–Trinajstić information content (AvgIpc) is 3.11. The average molecular weight is 397 g/mol. The first-order chi connectivity index (χ1) is 13.0. The standard InChI is InChI=1S/C19H13ClN4O2S/c1-11-2-7-16-21-8-14(18(26)24(16)9-11)17(25)23-19-22-15(10-27-19)12-3-5-13(20)6-4-12/h2-10H,1H3,(H,22,23,25). The van der Waals surface area contributed by atoms with Crippen LogP contribution in [0.15, 0.2) is 59.0 Å². The SMILES string of the molecule is Cc1ccc2ncc(C(=O)Nc3nc(-c4ccc(Cl)cc4)cs3)c(=O)n2c1. The summed E-state index contributed by atoms with van der Waals surface area (Å²) in [6, 6.07) is 10.8. The van der Waals surface area contributed by atoms with Crippen molar-refractivity contribution in [2.45, 2.75) is 6.92 Å². The van der Waals surface area contributed by atoms with Crippen LogP contribution in [0.2, 0.25) is 5.02 Å². The molecule has 0 aliphatic carbocycles. The van der Waals surface area contributed by atoms with Crippen LogP contribution in [0.1, 0.15) is 15.9 Å². The molecule has 1 N–H and O–H groups in total. The molecule has 1 amide bonds. The van der Waals surface area contributed by atoms with E-state index in [2.05, 4.69) is 15.3 Å². The molecule has 4 aromatic rings. The fourth-order valence-electron chi connectivity index (χ4n) is 2.59. The van der Waals surface area contributed by atoms with Crippen molar-refractivity contribution in [1.82, 2.24) is 14.4 Å². The van der Waals surface area contributed by atoms with Gasteiger partial charge in [0.2, 0.25) is 0 Å². The van der Waals surface area contributed by atoms with Crippen molar-refractivity contribution >= 4 is 39.6 Å². The number of hydrogen-bond donors (Lipinski definition) is 1. The number of carbonyl (C=O) groups excluding carboxylic acids is 1. The van der Waals surface area contributed by atoms with E-state index < -0.39 is 11.5 Å². The molecule has 134 valence electrons. The van der Waals surface area contributed by atoms with E-state index in [0.717, 1.165) is 16.8 Å². The van der Waals surface area contributed by atoms with Gasteiger partial charge in [-0.15, -0.1) is 11.3 Å². The third kappa shape index (κ3) is 3.47. The molecule has 0 atom stereocenters. The number of hydrogen-bond acceptors (Lipinski definition) is 5. The fourth-order valence-corrected chi connectivity index (χ4v) is 3.43. The van der Waals surface area contributed by atoms with E-state index in [1.807, 2.05) is 30.5 Å². The molecule has 0 saturated heterocycles. The minimum absolute atomic E-state index is 0.0404. The topological polar surface area (TPSA) is 76.4 Å². The van der Waals surface area contributed by atoms with Gasteiger partial charge in [-0.1, -0.05) is 29.8 Å². The summed E-state index contributed by atoms with van der Waals surface area (Å²) in [5.74, 6) is -0.541. The maximum Gasteiger partial charge on any atom is 0.270 e. The molecular formula is C19H13ClN4O2S. The van der Waals surface area contributed by atoms with E-state index in [9.17, 15) is 9.59 Å². The molecule has 3 aromatic heterocycles. The summed E-state index contributed by atoms with van der Waals surface area (Å²) in [6.45, 7) is 1.87. The highest BCUT2D eigenvalue weighted by Gasteiger charge is 2.15. The lowest BCUT2D eigenvalue weighted by Gasteiger charge is -2.05. The Hall–Kier alpha value is -3.03. The number of anilines is 1. The lowest BCUT2D eigenvalue weighted by atomic mass is 10.2. The number of pyridine rings is 1. The van der Waals surface area contributed by atoms with Gasteiger partial charge >= 0.3 is 0 Å². The van der Waals surface area contributed by atoms with Gasteiger partial charge in [0.1, 0.15) is 11.2 Å². The quantitative estimate of drug-likeness (QED) is 0.567. The third-order valence-electron chi connectivity index (χ3n) is 3.96. The van der Waals surface area contributed by atoms with Gasteiger partial charge in [0, 0.05) is 28.4 Å². The Labute approximate surface area is 163 Å². The molecule has 4 rings (SSSR count). The highest BCUT2D eigenvalue weighted by atomic mass is 35.5. The van der Waals surface area contributed by atoms with E-state index in [1.165, 1.54) is 21.9 Å². The van der Waals surface area contributed by atoms with Crippen LogP contribution in [0, 0.1) is 6.92 Å². The molecule has 0 spiro atoms. The molecule has 0 aliphatic heterocycles. The molecule has 0 aliphatic rings. The molecule has 0 fully saturated rings. The predicted octanol–water partition coefficient (Wildman–Crippen LogP) is 4.03. The molecule has 0 saturated carbocycles. The van der Waals surface area contributed by atoms with Gasteiger partial charge in [0.05, 0.1) is 5.69 Å². The first kappa shape index (κ1) is 17.4. The second-order valence-corrected chi connectivity index (χ2v) is 7.21. The van der Waals surface area contributed by atoms with Crippen LogP contribution >= 0.6 is 22.9 Å². The van der Waals surface area contributed by atoms with Crippen molar-refractivity contribution in [2.75, 3.05) is 5.32 Å². The number of benzene rings is 1. The number of fused-ring (bicyclic) bond motifs is 1. The number of halogens is 1. The third-order valence-corrected chi connectivity index (χ3v) is 4.97. The second kappa shape index (κ2) is 6.94. The Morgan fingerprint density at radius 2 is 1.96 bits per heavy atom. The van der Waals surface area contributed by atoms with Crippen molar-refractivity contribution in [3.05, 3.63) is 80.7 Å². The smallest absolute Gasteiger partial charge is 0.270 e. The van der Waals surface area contributed by atoms with E-state index in [4.69, 9.17) is 11.6 Å². The second-order valence-electron chi connectivity index (χ2n) is 5.91. The number of rotatable bonds is 3. The van der Waals surface area contributed by atoms with Crippen LogP contribution < -0.4 is 10.9 Å². The summed E-state index contributed by atoms with van der Waals surface area (Å²) >= 11 is 7.17. The molecule has 0 unspecified atom stereocenters. The van der Waals surface area contributed by atoms with Crippen LogP contribution in [0.25, 0.3) is 16.9 Å². The summed E-state index contributed by atoms with van der Waals surface area (Å²) in [6.07, 6.45) is 2.94. The van der Waals surface area contributed by atoms with Gasteiger partial charge in [-0.2, -0.15) is 0 Å². The largest absolute Gasteiger partial charge is 0.298 e. The van der Waals surface area contributed by atoms with Crippen molar-refractivity contribution in [2.24, 2.45) is 0 Å². The molecule has 0 radical (unpaired) electrons. The molecular weight excluding hydrogens is 384 g/mol. The number of thiazole rings is 1. The van der Waals surface area contributed by atoms with Crippen molar-refractivity contribution in [1.29, 1.82) is 0 Å². The normalized spacial score (nSPS) is 10.9. The van der Waals surface area contributed by atoms with Crippen molar-refractivity contribution in [3.63, 3.8) is 0 Å². The summed E-state index contributed by atoms with van der Waals surface area (Å²) in [4.78, 5) is 33.7. The van der Waals surface area contributed by atoms with Crippen LogP contribution in [0.4, 0.5) is 5.13 Å². The van der Waals surface area contributed by atoms with E-state index >= 15 is 0 Å². The Balaban J connectivity index is 1.61. The molecule has 0 bridgehead atoms. The Morgan fingerprint density at radius 3 is 2.74 bits per heavy atom. The zero-order valence-electron chi connectivity index (χ0n) is 14.1. The van der Waals surface area contributed by atoms with Crippen LogP contribution in [0.3, 0.4) is 0 Å². The van der Waals surface area contributed by atoms with Gasteiger partial charge in [0.15, 0.2) is 5.13 Å². The number of carbonyl (C=O) groups is 1. The highest BCUT2D eigenvalue weighted by Crippen LogP contribution is 2.26. The van der Waals surface area contributed by atoms with Crippen LogP contribution in [0.5, 0.6) is 0 Å².